The second-order valence-electron chi connectivity index (χ2n) is 3.43. The molecule has 1 saturated carbocycles. The first-order valence-electron chi connectivity index (χ1n) is 4.49. The van der Waals surface area contributed by atoms with E-state index in [2.05, 4.69) is 0 Å². The number of aliphatic hydroxyl groups is 1. The molecule has 12 heavy (non-hydrogen) atoms. The van der Waals surface area contributed by atoms with E-state index in [1.807, 2.05) is 0 Å². The molecule has 1 fully saturated rings. The number of hydrogen-bond acceptors (Lipinski definition) is 3. The van der Waals surface area contributed by atoms with Crippen molar-refractivity contribution < 1.29 is 14.6 Å². The molecule has 1 rings (SSSR count). The van der Waals surface area contributed by atoms with Crippen molar-refractivity contribution in [2.45, 2.75) is 38.7 Å². The third kappa shape index (κ3) is 1.61. The fourth-order valence-corrected chi connectivity index (χ4v) is 1.46. The molecule has 0 spiro atoms. The van der Waals surface area contributed by atoms with Gasteiger partial charge in [0.25, 0.3) is 0 Å². The molecule has 0 bridgehead atoms. The molecule has 1 atom stereocenters. The Morgan fingerprint density at radius 3 is 2.58 bits per heavy atom. The lowest BCUT2D eigenvalue weighted by Gasteiger charge is -2.40. The van der Waals surface area contributed by atoms with Gasteiger partial charge in [-0.2, -0.15) is 0 Å². The largest absolute Gasteiger partial charge is 0.466 e. The van der Waals surface area contributed by atoms with Gasteiger partial charge in [0.05, 0.1) is 18.1 Å². The van der Waals surface area contributed by atoms with E-state index in [0.29, 0.717) is 6.61 Å². The van der Waals surface area contributed by atoms with E-state index in [1.165, 1.54) is 0 Å². The zero-order valence-electron chi connectivity index (χ0n) is 7.67. The summed E-state index contributed by atoms with van der Waals surface area (Å²) in [5.74, 6) is -0.647. The molecule has 0 aliphatic heterocycles. The predicted octanol–water partition coefficient (Wildman–Crippen LogP) is 1.10. The van der Waals surface area contributed by atoms with Crippen molar-refractivity contribution >= 4 is 5.97 Å². The Labute approximate surface area is 72.7 Å². The number of hydrogen-bond donors (Lipinski definition) is 1. The number of carbonyl (C=O) groups is 1. The molecular weight excluding hydrogens is 156 g/mol. The Balaban J connectivity index is 2.45. The van der Waals surface area contributed by atoms with Gasteiger partial charge in [-0.3, -0.25) is 4.79 Å². The van der Waals surface area contributed by atoms with Crippen LogP contribution in [0, 0.1) is 5.92 Å². The van der Waals surface area contributed by atoms with E-state index >= 15 is 0 Å². The van der Waals surface area contributed by atoms with Crippen molar-refractivity contribution in [1.82, 2.24) is 0 Å². The monoisotopic (exact) mass is 172 g/mol. The predicted molar refractivity (Wildman–Crippen MR) is 44.6 cm³/mol. The van der Waals surface area contributed by atoms with Gasteiger partial charge in [0.1, 0.15) is 0 Å². The van der Waals surface area contributed by atoms with Gasteiger partial charge in [-0.15, -0.1) is 0 Å². The van der Waals surface area contributed by atoms with Crippen LogP contribution < -0.4 is 0 Å². The summed E-state index contributed by atoms with van der Waals surface area (Å²) >= 11 is 0. The Morgan fingerprint density at radius 1 is 1.67 bits per heavy atom. The van der Waals surface area contributed by atoms with E-state index in [-0.39, 0.29) is 11.9 Å². The molecule has 0 heterocycles. The van der Waals surface area contributed by atoms with Crippen LogP contribution >= 0.6 is 0 Å². The fourth-order valence-electron chi connectivity index (χ4n) is 1.46. The standard InChI is InChI=1S/C9H16O3/c1-3-12-8(10)7(2)9(11)5-4-6-9/h7,11H,3-6H2,1-2H3/t7-/m0/s1. The second kappa shape index (κ2) is 3.44. The third-order valence-corrected chi connectivity index (χ3v) is 2.67. The first kappa shape index (κ1) is 9.52. The maximum absolute atomic E-state index is 11.2. The van der Waals surface area contributed by atoms with Gasteiger partial charge < -0.3 is 9.84 Å². The zero-order chi connectivity index (χ0) is 9.19. The van der Waals surface area contributed by atoms with E-state index in [9.17, 15) is 9.90 Å². The topological polar surface area (TPSA) is 46.5 Å². The first-order valence-corrected chi connectivity index (χ1v) is 4.49. The Hall–Kier alpha value is -0.570. The van der Waals surface area contributed by atoms with Gasteiger partial charge in [-0.25, -0.2) is 0 Å². The van der Waals surface area contributed by atoms with Crippen molar-refractivity contribution in [3.05, 3.63) is 0 Å². The highest BCUT2D eigenvalue weighted by atomic mass is 16.5. The van der Waals surface area contributed by atoms with Gasteiger partial charge in [0.15, 0.2) is 0 Å². The highest BCUT2D eigenvalue weighted by molar-refractivity contribution is 5.73. The average molecular weight is 172 g/mol. The quantitative estimate of drug-likeness (QED) is 0.648. The number of ether oxygens (including phenoxy) is 1. The lowest BCUT2D eigenvalue weighted by molar-refractivity contribution is -0.164. The molecule has 0 radical (unpaired) electrons. The van der Waals surface area contributed by atoms with Crippen molar-refractivity contribution in [3.8, 4) is 0 Å². The summed E-state index contributed by atoms with van der Waals surface area (Å²) in [4.78, 5) is 11.2. The summed E-state index contributed by atoms with van der Waals surface area (Å²) < 4.78 is 4.83. The maximum Gasteiger partial charge on any atom is 0.311 e. The fraction of sp³-hybridized carbons (Fsp3) is 0.889. The van der Waals surface area contributed by atoms with Crippen molar-refractivity contribution in [2.24, 2.45) is 5.92 Å². The Bertz CT molecular complexity index is 173. The Morgan fingerprint density at radius 2 is 2.25 bits per heavy atom. The normalized spacial score (nSPS) is 22.6. The summed E-state index contributed by atoms with van der Waals surface area (Å²) in [6.45, 7) is 3.89. The van der Waals surface area contributed by atoms with Crippen LogP contribution in [-0.2, 0) is 9.53 Å². The molecule has 1 N–H and O–H groups in total. The molecule has 0 aromatic heterocycles. The van der Waals surface area contributed by atoms with Crippen LogP contribution in [0.15, 0.2) is 0 Å². The first-order chi connectivity index (χ1) is 5.60. The molecule has 0 saturated heterocycles. The van der Waals surface area contributed by atoms with Crippen molar-refractivity contribution in [3.63, 3.8) is 0 Å². The minimum absolute atomic E-state index is 0.278. The van der Waals surface area contributed by atoms with Gasteiger partial charge in [0, 0.05) is 0 Å². The van der Waals surface area contributed by atoms with Crippen LogP contribution in [0.3, 0.4) is 0 Å². The van der Waals surface area contributed by atoms with Crippen LogP contribution in [0.4, 0.5) is 0 Å². The summed E-state index contributed by atoms with van der Waals surface area (Å²) in [5, 5.41) is 9.77. The molecule has 70 valence electrons. The van der Waals surface area contributed by atoms with Crippen LogP contribution in [0.1, 0.15) is 33.1 Å². The summed E-state index contributed by atoms with van der Waals surface area (Å²) in [6.07, 6.45) is 2.47. The maximum atomic E-state index is 11.2. The zero-order valence-corrected chi connectivity index (χ0v) is 7.67. The highest BCUT2D eigenvalue weighted by Gasteiger charge is 2.43. The minimum atomic E-state index is -0.772. The third-order valence-electron chi connectivity index (χ3n) is 2.67. The molecule has 3 heteroatoms. The summed E-state index contributed by atoms with van der Waals surface area (Å²) in [6, 6.07) is 0. The van der Waals surface area contributed by atoms with Crippen molar-refractivity contribution in [1.29, 1.82) is 0 Å². The van der Waals surface area contributed by atoms with Crippen LogP contribution in [0.25, 0.3) is 0 Å². The van der Waals surface area contributed by atoms with E-state index < -0.39 is 5.60 Å². The highest BCUT2D eigenvalue weighted by Crippen LogP contribution is 2.38. The minimum Gasteiger partial charge on any atom is -0.466 e. The molecule has 1 aliphatic rings. The number of carbonyl (C=O) groups excluding carboxylic acids is 1. The average Bonchev–Trinajstić information content (AvgIpc) is 1.99. The van der Waals surface area contributed by atoms with Crippen molar-refractivity contribution in [2.75, 3.05) is 6.61 Å². The summed E-state index contributed by atoms with van der Waals surface area (Å²) in [7, 11) is 0. The van der Waals surface area contributed by atoms with E-state index in [4.69, 9.17) is 4.74 Å². The smallest absolute Gasteiger partial charge is 0.311 e. The van der Waals surface area contributed by atoms with Crippen LogP contribution in [-0.4, -0.2) is 23.3 Å². The molecule has 3 nitrogen and oxygen atoms in total. The van der Waals surface area contributed by atoms with Gasteiger partial charge in [0.2, 0.25) is 0 Å². The molecular formula is C9H16O3. The van der Waals surface area contributed by atoms with Gasteiger partial charge in [-0.1, -0.05) is 0 Å². The Kier molecular flexibility index (Phi) is 2.73. The molecule has 0 amide bonds. The molecule has 0 aromatic carbocycles. The van der Waals surface area contributed by atoms with E-state index in [1.54, 1.807) is 13.8 Å². The van der Waals surface area contributed by atoms with Crippen LogP contribution in [0.2, 0.25) is 0 Å². The number of rotatable bonds is 3. The second-order valence-corrected chi connectivity index (χ2v) is 3.43. The molecule has 0 aromatic rings. The van der Waals surface area contributed by atoms with E-state index in [0.717, 1.165) is 19.3 Å². The SMILES string of the molecule is CCOC(=O)[C@H](C)C1(O)CCC1. The summed E-state index contributed by atoms with van der Waals surface area (Å²) in [5.41, 5.74) is -0.772. The molecule has 1 aliphatic carbocycles. The van der Waals surface area contributed by atoms with Gasteiger partial charge in [-0.05, 0) is 33.1 Å². The number of esters is 1. The molecule has 0 unspecified atom stereocenters. The van der Waals surface area contributed by atoms with Crippen LogP contribution in [0.5, 0.6) is 0 Å². The lowest BCUT2D eigenvalue weighted by atomic mass is 9.72. The lowest BCUT2D eigenvalue weighted by Crippen LogP contribution is -2.47. The van der Waals surface area contributed by atoms with Gasteiger partial charge >= 0.3 is 5.97 Å².